The van der Waals surface area contributed by atoms with E-state index >= 15 is 0 Å². The Balaban J connectivity index is 0.00000338. The fourth-order valence-electron chi connectivity index (χ4n) is 2.84. The zero-order valence-corrected chi connectivity index (χ0v) is 17.3. The second kappa shape index (κ2) is 11.5. The Hall–Kier alpha value is -1.17. The van der Waals surface area contributed by atoms with Crippen molar-refractivity contribution in [1.29, 1.82) is 0 Å². The first-order valence-corrected chi connectivity index (χ1v) is 9.38. The van der Waals surface area contributed by atoms with Crippen LogP contribution in [0.5, 0.6) is 11.5 Å². The van der Waals surface area contributed by atoms with Gasteiger partial charge >= 0.3 is 0 Å². The smallest absolute Gasteiger partial charge is 0.251 e. The van der Waals surface area contributed by atoms with Crippen LogP contribution in [0.15, 0.2) is 12.1 Å². The molecule has 0 radical (unpaired) electrons. The minimum Gasteiger partial charge on any atom is -0.493 e. The van der Waals surface area contributed by atoms with E-state index in [1.54, 1.807) is 19.2 Å². The lowest BCUT2D eigenvalue weighted by Crippen LogP contribution is -2.26. The van der Waals surface area contributed by atoms with E-state index in [-0.39, 0.29) is 18.3 Å². The van der Waals surface area contributed by atoms with E-state index in [4.69, 9.17) is 21.1 Å². The quantitative estimate of drug-likeness (QED) is 0.654. The van der Waals surface area contributed by atoms with Crippen LogP contribution in [0.2, 0.25) is 5.02 Å². The molecule has 148 valence electrons. The number of benzene rings is 1. The van der Waals surface area contributed by atoms with Crippen LogP contribution in [0, 0.1) is 11.8 Å². The average molecular weight is 405 g/mol. The minimum absolute atomic E-state index is 0. The van der Waals surface area contributed by atoms with Crippen LogP contribution in [0.3, 0.4) is 0 Å². The molecule has 1 fully saturated rings. The van der Waals surface area contributed by atoms with Crippen molar-refractivity contribution in [2.45, 2.75) is 33.1 Å². The molecule has 7 heteroatoms. The van der Waals surface area contributed by atoms with Gasteiger partial charge in [-0.25, -0.2) is 0 Å². The molecule has 1 aliphatic rings. The highest BCUT2D eigenvalue weighted by molar-refractivity contribution is 6.32. The van der Waals surface area contributed by atoms with Crippen LogP contribution >= 0.6 is 24.0 Å². The predicted molar refractivity (Wildman–Crippen MR) is 108 cm³/mol. The lowest BCUT2D eigenvalue weighted by atomic mass is 10.1. The number of halogens is 2. The number of ether oxygens (including phenoxy) is 2. The number of nitrogens with one attached hydrogen (secondary N) is 2. The highest BCUT2D eigenvalue weighted by Crippen LogP contribution is 2.36. The summed E-state index contributed by atoms with van der Waals surface area (Å²) in [5, 5.41) is 6.69. The minimum atomic E-state index is -0.139. The lowest BCUT2D eigenvalue weighted by molar-refractivity contribution is 0.0951. The summed E-state index contributed by atoms with van der Waals surface area (Å²) < 4.78 is 11.1. The maximum Gasteiger partial charge on any atom is 0.251 e. The van der Waals surface area contributed by atoms with Crippen LogP contribution in [-0.2, 0) is 0 Å². The zero-order valence-electron chi connectivity index (χ0n) is 15.8. The van der Waals surface area contributed by atoms with E-state index in [0.29, 0.717) is 47.1 Å². The maximum atomic E-state index is 12.4. The van der Waals surface area contributed by atoms with Crippen molar-refractivity contribution in [3.8, 4) is 11.5 Å². The van der Waals surface area contributed by atoms with Gasteiger partial charge in [-0.15, -0.1) is 12.4 Å². The van der Waals surface area contributed by atoms with E-state index in [9.17, 15) is 4.79 Å². The zero-order chi connectivity index (χ0) is 18.2. The van der Waals surface area contributed by atoms with E-state index in [0.717, 1.165) is 25.9 Å². The molecule has 0 aliphatic carbocycles. The lowest BCUT2D eigenvalue weighted by Gasteiger charge is -2.15. The van der Waals surface area contributed by atoms with Gasteiger partial charge in [0.15, 0.2) is 11.5 Å². The van der Waals surface area contributed by atoms with Gasteiger partial charge in [-0.2, -0.15) is 0 Å². The summed E-state index contributed by atoms with van der Waals surface area (Å²) in [5.74, 6) is 2.04. The third kappa shape index (κ3) is 6.86. The molecular weight excluding hydrogens is 375 g/mol. The molecule has 0 spiro atoms. The number of amides is 1. The van der Waals surface area contributed by atoms with Gasteiger partial charge in [0.2, 0.25) is 0 Å². The van der Waals surface area contributed by atoms with E-state index < -0.39 is 0 Å². The molecule has 1 unspecified atom stereocenters. The number of carbonyl (C=O) groups is 1. The highest BCUT2D eigenvalue weighted by atomic mass is 35.5. The summed E-state index contributed by atoms with van der Waals surface area (Å²) in [6, 6.07) is 3.32. The Bertz CT molecular complexity index is 576. The normalized spacial score (nSPS) is 16.3. The second-order valence-corrected chi connectivity index (χ2v) is 7.33. The van der Waals surface area contributed by atoms with Gasteiger partial charge in [-0.05, 0) is 56.3 Å². The Morgan fingerprint density at radius 2 is 2.19 bits per heavy atom. The van der Waals surface area contributed by atoms with Gasteiger partial charge in [0, 0.05) is 12.1 Å². The molecule has 1 amide bonds. The molecule has 1 aromatic carbocycles. The van der Waals surface area contributed by atoms with Crippen LogP contribution < -0.4 is 20.1 Å². The Morgan fingerprint density at radius 3 is 2.81 bits per heavy atom. The first kappa shape index (κ1) is 22.9. The maximum absolute atomic E-state index is 12.4. The van der Waals surface area contributed by atoms with Gasteiger partial charge in [0.1, 0.15) is 0 Å². The molecule has 1 saturated heterocycles. The van der Waals surface area contributed by atoms with Crippen LogP contribution in [-0.4, -0.2) is 39.3 Å². The largest absolute Gasteiger partial charge is 0.493 e. The molecule has 0 aromatic heterocycles. The summed E-state index contributed by atoms with van der Waals surface area (Å²) in [4.78, 5) is 12.4. The number of rotatable bonds is 9. The molecule has 2 rings (SSSR count). The third-order valence-corrected chi connectivity index (χ3v) is 4.71. The number of carbonyl (C=O) groups excluding carboxylic acids is 1. The van der Waals surface area contributed by atoms with Crippen molar-refractivity contribution in [1.82, 2.24) is 10.6 Å². The van der Waals surface area contributed by atoms with E-state index in [2.05, 4.69) is 24.5 Å². The van der Waals surface area contributed by atoms with Gasteiger partial charge in [0.05, 0.1) is 18.7 Å². The topological polar surface area (TPSA) is 59.6 Å². The van der Waals surface area contributed by atoms with E-state index in [1.807, 2.05) is 0 Å². The van der Waals surface area contributed by atoms with Crippen molar-refractivity contribution in [3.63, 3.8) is 0 Å². The summed E-state index contributed by atoms with van der Waals surface area (Å²) >= 11 is 6.32. The average Bonchev–Trinajstić information content (AvgIpc) is 3.08. The molecular formula is C19H30Cl2N2O3. The number of hydrogen-bond acceptors (Lipinski definition) is 4. The fraction of sp³-hybridized carbons (Fsp3) is 0.632. The second-order valence-electron chi connectivity index (χ2n) is 6.92. The van der Waals surface area contributed by atoms with Gasteiger partial charge in [0.25, 0.3) is 5.91 Å². The van der Waals surface area contributed by atoms with Crippen molar-refractivity contribution in [2.75, 3.05) is 33.4 Å². The van der Waals surface area contributed by atoms with Crippen LogP contribution in [0.4, 0.5) is 0 Å². The molecule has 2 N–H and O–H groups in total. The summed E-state index contributed by atoms with van der Waals surface area (Å²) in [6.07, 6.45) is 3.09. The molecule has 1 aromatic rings. The molecule has 5 nitrogen and oxygen atoms in total. The Kier molecular flexibility index (Phi) is 10.1. The molecule has 1 atom stereocenters. The van der Waals surface area contributed by atoms with Crippen molar-refractivity contribution in [2.24, 2.45) is 11.8 Å². The van der Waals surface area contributed by atoms with Crippen LogP contribution in [0.1, 0.15) is 43.5 Å². The first-order valence-electron chi connectivity index (χ1n) is 9.00. The number of hydrogen-bond donors (Lipinski definition) is 2. The van der Waals surface area contributed by atoms with Crippen molar-refractivity contribution >= 4 is 29.9 Å². The third-order valence-electron chi connectivity index (χ3n) is 4.43. The van der Waals surface area contributed by atoms with Gasteiger partial charge < -0.3 is 20.1 Å². The Labute approximate surface area is 167 Å². The first-order chi connectivity index (χ1) is 12.0. The summed E-state index contributed by atoms with van der Waals surface area (Å²) in [5.41, 5.74) is 0.489. The molecule has 1 aliphatic heterocycles. The molecule has 26 heavy (non-hydrogen) atoms. The Morgan fingerprint density at radius 1 is 1.42 bits per heavy atom. The number of methoxy groups -OCH3 is 1. The standard InChI is InChI=1S/C19H29ClN2O3.ClH/c1-13(2)6-9-25-18-16(20)10-15(11-17(18)24-3)19(23)22-8-5-14-4-7-21-12-14;/h10-11,13-14,21H,4-9,12H2,1-3H3,(H,22,23);1H. The van der Waals surface area contributed by atoms with Crippen molar-refractivity contribution < 1.29 is 14.3 Å². The van der Waals surface area contributed by atoms with Crippen LogP contribution in [0.25, 0.3) is 0 Å². The molecule has 0 bridgehead atoms. The monoisotopic (exact) mass is 404 g/mol. The molecule has 0 saturated carbocycles. The highest BCUT2D eigenvalue weighted by Gasteiger charge is 2.17. The summed E-state index contributed by atoms with van der Waals surface area (Å²) in [6.45, 7) is 7.61. The van der Waals surface area contributed by atoms with Crippen molar-refractivity contribution in [3.05, 3.63) is 22.7 Å². The van der Waals surface area contributed by atoms with E-state index in [1.165, 1.54) is 6.42 Å². The molecule has 1 heterocycles. The van der Waals surface area contributed by atoms with Gasteiger partial charge in [-0.1, -0.05) is 25.4 Å². The SMILES string of the molecule is COc1cc(C(=O)NCCC2CCNC2)cc(Cl)c1OCCC(C)C.Cl. The summed E-state index contributed by atoms with van der Waals surface area (Å²) in [7, 11) is 1.55. The fourth-order valence-corrected chi connectivity index (χ4v) is 3.11. The predicted octanol–water partition coefficient (Wildman–Crippen LogP) is 3.92. The van der Waals surface area contributed by atoms with Gasteiger partial charge in [-0.3, -0.25) is 4.79 Å².